The number of hydrogen-bond donors (Lipinski definition) is 0. The quantitative estimate of drug-likeness (QED) is 0.648. The van der Waals surface area contributed by atoms with Crippen molar-refractivity contribution >= 4 is 11.6 Å². The van der Waals surface area contributed by atoms with Crippen LogP contribution in [-0.2, 0) is 9.59 Å². The number of Topliss-reactive ketones (excluding diaryl/α,β-unsaturated/α-hetero) is 2. The molecule has 2 aliphatic rings. The van der Waals surface area contributed by atoms with E-state index >= 15 is 0 Å². The van der Waals surface area contributed by atoms with Crippen LogP contribution in [0.5, 0.6) is 5.75 Å². The van der Waals surface area contributed by atoms with Crippen LogP contribution in [0.1, 0.15) is 76.7 Å². The van der Waals surface area contributed by atoms with Crippen LogP contribution in [0.15, 0.2) is 24.3 Å². The minimum absolute atomic E-state index is 0.192. The molecule has 1 aromatic rings. The summed E-state index contributed by atoms with van der Waals surface area (Å²) >= 11 is 0. The van der Waals surface area contributed by atoms with Crippen LogP contribution in [0.25, 0.3) is 0 Å². The van der Waals surface area contributed by atoms with Crippen LogP contribution in [0.3, 0.4) is 0 Å². The number of ketones is 2. The van der Waals surface area contributed by atoms with E-state index in [1.165, 1.54) is 5.56 Å². The molecule has 0 N–H and O–H groups in total. The van der Waals surface area contributed by atoms with Gasteiger partial charge in [-0.2, -0.15) is 0 Å². The molecule has 0 aliphatic heterocycles. The molecule has 26 heavy (non-hydrogen) atoms. The van der Waals surface area contributed by atoms with E-state index in [4.69, 9.17) is 4.74 Å². The first-order valence-electron chi connectivity index (χ1n) is 10.3. The fourth-order valence-electron chi connectivity index (χ4n) is 4.67. The van der Waals surface area contributed by atoms with Crippen molar-refractivity contribution in [2.45, 2.75) is 71.1 Å². The van der Waals surface area contributed by atoms with Gasteiger partial charge in [0.1, 0.15) is 17.3 Å². The Labute approximate surface area is 157 Å². The Morgan fingerprint density at radius 1 is 1.04 bits per heavy atom. The molecule has 0 radical (unpaired) electrons. The minimum atomic E-state index is -0.296. The van der Waals surface area contributed by atoms with Crippen molar-refractivity contribution in [1.82, 2.24) is 0 Å². The van der Waals surface area contributed by atoms with Gasteiger partial charge in [-0.15, -0.1) is 0 Å². The number of benzene rings is 1. The summed E-state index contributed by atoms with van der Waals surface area (Å²) in [5, 5.41) is 0. The van der Waals surface area contributed by atoms with E-state index in [9.17, 15) is 9.59 Å². The van der Waals surface area contributed by atoms with Crippen molar-refractivity contribution in [3.63, 3.8) is 0 Å². The molecule has 2 fully saturated rings. The van der Waals surface area contributed by atoms with Gasteiger partial charge in [0, 0.05) is 12.8 Å². The molecule has 2 aliphatic carbocycles. The third-order valence-corrected chi connectivity index (χ3v) is 6.27. The molecular formula is C23H32O3. The number of carbonyl (C=O) groups excluding carboxylic acids is 2. The van der Waals surface area contributed by atoms with Crippen LogP contribution in [0.4, 0.5) is 0 Å². The second kappa shape index (κ2) is 8.83. The second-order valence-electron chi connectivity index (χ2n) is 8.30. The molecule has 0 bridgehead atoms. The smallest absolute Gasteiger partial charge is 0.143 e. The molecule has 0 spiro atoms. The summed E-state index contributed by atoms with van der Waals surface area (Å²) in [5.41, 5.74) is 1.38. The number of ether oxygens (including phenoxy) is 1. The van der Waals surface area contributed by atoms with Gasteiger partial charge < -0.3 is 4.74 Å². The average Bonchev–Trinajstić information content (AvgIpc) is 2.63. The van der Waals surface area contributed by atoms with Crippen molar-refractivity contribution in [3.8, 4) is 5.75 Å². The lowest BCUT2D eigenvalue weighted by molar-refractivity contribution is -0.135. The lowest BCUT2D eigenvalue weighted by atomic mass is 9.73. The standard InChI is InChI=1S/C23H32O3/c1-3-26-20-11-9-19(10-12-20)18-7-5-17(6-8-18)15-23(25)21-13-4-16(2)14-22(21)24/h9-12,16-18,21H,3-8,13-15H2,1-2H3/t16?,17-,18-,21?. The predicted octanol–water partition coefficient (Wildman–Crippen LogP) is 5.32. The van der Waals surface area contributed by atoms with Crippen molar-refractivity contribution in [2.24, 2.45) is 17.8 Å². The first-order valence-corrected chi connectivity index (χ1v) is 10.3. The Kier molecular flexibility index (Phi) is 6.50. The highest BCUT2D eigenvalue weighted by atomic mass is 16.5. The monoisotopic (exact) mass is 356 g/mol. The summed E-state index contributed by atoms with van der Waals surface area (Å²) in [5.74, 6) is 2.55. The molecule has 2 atom stereocenters. The molecule has 1 aromatic carbocycles. The lowest BCUT2D eigenvalue weighted by Crippen LogP contribution is -2.31. The van der Waals surface area contributed by atoms with Gasteiger partial charge in [-0.05, 0) is 80.9 Å². The topological polar surface area (TPSA) is 43.4 Å². The molecule has 0 aromatic heterocycles. The molecule has 2 unspecified atom stereocenters. The maximum atomic E-state index is 12.6. The third-order valence-electron chi connectivity index (χ3n) is 6.27. The van der Waals surface area contributed by atoms with Gasteiger partial charge in [-0.3, -0.25) is 9.59 Å². The molecule has 2 saturated carbocycles. The second-order valence-corrected chi connectivity index (χ2v) is 8.30. The van der Waals surface area contributed by atoms with Crippen LogP contribution in [0.2, 0.25) is 0 Å². The van der Waals surface area contributed by atoms with E-state index in [-0.39, 0.29) is 17.5 Å². The minimum Gasteiger partial charge on any atom is -0.494 e. The van der Waals surface area contributed by atoms with Crippen LogP contribution >= 0.6 is 0 Å². The van der Waals surface area contributed by atoms with Crippen molar-refractivity contribution in [2.75, 3.05) is 6.61 Å². The summed E-state index contributed by atoms with van der Waals surface area (Å²) in [6.07, 6.45) is 7.49. The summed E-state index contributed by atoms with van der Waals surface area (Å²) in [6, 6.07) is 8.49. The molecule has 3 nitrogen and oxygen atoms in total. The van der Waals surface area contributed by atoms with E-state index in [1.807, 2.05) is 6.92 Å². The zero-order valence-electron chi connectivity index (χ0n) is 16.2. The molecule has 0 amide bonds. The zero-order chi connectivity index (χ0) is 18.5. The fourth-order valence-corrected chi connectivity index (χ4v) is 4.67. The number of rotatable bonds is 6. The summed E-state index contributed by atoms with van der Waals surface area (Å²) in [4.78, 5) is 24.8. The highest BCUT2D eigenvalue weighted by Gasteiger charge is 2.33. The van der Waals surface area contributed by atoms with Crippen molar-refractivity contribution in [1.29, 1.82) is 0 Å². The SMILES string of the molecule is CCOc1ccc([C@H]2CC[C@H](CC(=O)C3CCC(C)CC3=O)CC2)cc1. The van der Waals surface area contributed by atoms with Crippen LogP contribution < -0.4 is 4.74 Å². The largest absolute Gasteiger partial charge is 0.494 e. The Morgan fingerprint density at radius 2 is 1.73 bits per heavy atom. The van der Waals surface area contributed by atoms with E-state index < -0.39 is 0 Å². The lowest BCUT2D eigenvalue weighted by Gasteiger charge is -2.30. The van der Waals surface area contributed by atoms with Gasteiger partial charge in [0.15, 0.2) is 0 Å². The zero-order valence-corrected chi connectivity index (χ0v) is 16.2. The van der Waals surface area contributed by atoms with Crippen LogP contribution in [0, 0.1) is 17.8 Å². The first kappa shape index (κ1) is 19.1. The average molecular weight is 357 g/mol. The Bertz CT molecular complexity index is 611. The molecule has 0 heterocycles. The van der Waals surface area contributed by atoms with E-state index in [2.05, 4.69) is 31.2 Å². The fraction of sp³-hybridized carbons (Fsp3) is 0.652. The van der Waals surface area contributed by atoms with Gasteiger partial charge in [0.2, 0.25) is 0 Å². The number of hydrogen-bond acceptors (Lipinski definition) is 3. The normalized spacial score (nSPS) is 29.4. The maximum Gasteiger partial charge on any atom is 0.143 e. The number of carbonyl (C=O) groups is 2. The summed E-state index contributed by atoms with van der Waals surface area (Å²) in [7, 11) is 0. The van der Waals surface area contributed by atoms with Crippen LogP contribution in [-0.4, -0.2) is 18.2 Å². The van der Waals surface area contributed by atoms with Gasteiger partial charge in [0.25, 0.3) is 0 Å². The van der Waals surface area contributed by atoms with E-state index in [1.54, 1.807) is 0 Å². The Hall–Kier alpha value is -1.64. The highest BCUT2D eigenvalue weighted by Crippen LogP contribution is 2.38. The van der Waals surface area contributed by atoms with Gasteiger partial charge in [0.05, 0.1) is 12.5 Å². The predicted molar refractivity (Wildman–Crippen MR) is 103 cm³/mol. The molecule has 3 rings (SSSR count). The maximum absolute atomic E-state index is 12.6. The van der Waals surface area contributed by atoms with Gasteiger partial charge in [-0.1, -0.05) is 19.1 Å². The van der Waals surface area contributed by atoms with E-state index in [0.29, 0.717) is 37.2 Å². The summed E-state index contributed by atoms with van der Waals surface area (Å²) in [6.45, 7) is 4.81. The summed E-state index contributed by atoms with van der Waals surface area (Å²) < 4.78 is 5.52. The molecule has 142 valence electrons. The molecule has 3 heteroatoms. The Morgan fingerprint density at radius 3 is 2.35 bits per heavy atom. The van der Waals surface area contributed by atoms with Gasteiger partial charge in [-0.25, -0.2) is 0 Å². The van der Waals surface area contributed by atoms with E-state index in [0.717, 1.165) is 44.3 Å². The third kappa shape index (κ3) is 4.75. The van der Waals surface area contributed by atoms with Gasteiger partial charge >= 0.3 is 0 Å². The molecule has 0 saturated heterocycles. The highest BCUT2D eigenvalue weighted by molar-refractivity contribution is 6.02. The molecular weight excluding hydrogens is 324 g/mol. The first-order chi connectivity index (χ1) is 12.6. The Balaban J connectivity index is 1.47. The van der Waals surface area contributed by atoms with Crippen molar-refractivity contribution in [3.05, 3.63) is 29.8 Å². The van der Waals surface area contributed by atoms with Crippen molar-refractivity contribution < 1.29 is 14.3 Å².